The van der Waals surface area contributed by atoms with E-state index in [0.29, 0.717) is 22.7 Å². The Morgan fingerprint density at radius 2 is 2.28 bits per heavy atom. The van der Waals surface area contributed by atoms with E-state index >= 15 is 0 Å². The van der Waals surface area contributed by atoms with Crippen molar-refractivity contribution in [3.63, 3.8) is 0 Å². The first-order valence-electron chi connectivity index (χ1n) is 9.64. The highest BCUT2D eigenvalue weighted by molar-refractivity contribution is 6.30. The normalized spacial score (nSPS) is 16.5. The third-order valence-corrected chi connectivity index (χ3v) is 4.81. The molecule has 2 aromatic heterocycles. The molecule has 3 heterocycles. The number of benzene rings is 1. The van der Waals surface area contributed by atoms with Gasteiger partial charge in [0.25, 0.3) is 0 Å². The maximum absolute atomic E-state index is 6.03. The SMILES string of the molecule is CCNC(=NCc1nc(-c2cccc(Cl)c2)no1)NC1CCc2nc(C)nn2C1. The van der Waals surface area contributed by atoms with E-state index in [1.54, 1.807) is 12.1 Å². The number of fused-ring (bicyclic) bond motifs is 1. The number of aryl methyl sites for hydroxylation is 2. The minimum absolute atomic E-state index is 0.228. The number of nitrogens with one attached hydrogen (secondary N) is 2. The van der Waals surface area contributed by atoms with Gasteiger partial charge in [0, 0.05) is 29.6 Å². The molecule has 0 radical (unpaired) electrons. The van der Waals surface area contributed by atoms with Crippen molar-refractivity contribution in [3.05, 3.63) is 46.8 Å². The summed E-state index contributed by atoms with van der Waals surface area (Å²) in [6.07, 6.45) is 1.87. The van der Waals surface area contributed by atoms with Crippen LogP contribution in [0, 0.1) is 6.92 Å². The number of aliphatic imine (C=N–C) groups is 1. The molecular weight excluding hydrogens is 392 g/mol. The Morgan fingerprint density at radius 3 is 3.10 bits per heavy atom. The van der Waals surface area contributed by atoms with Crippen LogP contribution in [0.5, 0.6) is 0 Å². The molecule has 0 fully saturated rings. The van der Waals surface area contributed by atoms with E-state index in [1.807, 2.05) is 30.7 Å². The third kappa shape index (κ3) is 4.73. The molecule has 0 bridgehead atoms. The van der Waals surface area contributed by atoms with E-state index in [2.05, 4.69) is 35.8 Å². The van der Waals surface area contributed by atoms with Crippen LogP contribution in [0.3, 0.4) is 0 Å². The van der Waals surface area contributed by atoms with E-state index in [0.717, 1.165) is 43.1 Å². The largest absolute Gasteiger partial charge is 0.357 e. The zero-order chi connectivity index (χ0) is 20.2. The van der Waals surface area contributed by atoms with Crippen molar-refractivity contribution in [1.29, 1.82) is 0 Å². The lowest BCUT2D eigenvalue weighted by Gasteiger charge is -2.25. The quantitative estimate of drug-likeness (QED) is 0.487. The predicted octanol–water partition coefficient (Wildman–Crippen LogP) is 2.36. The van der Waals surface area contributed by atoms with Crippen LogP contribution in [-0.2, 0) is 19.5 Å². The summed E-state index contributed by atoms with van der Waals surface area (Å²) >= 11 is 6.03. The molecule has 0 saturated heterocycles. The van der Waals surface area contributed by atoms with Crippen molar-refractivity contribution in [1.82, 2.24) is 35.5 Å². The summed E-state index contributed by atoms with van der Waals surface area (Å²) in [6.45, 7) is 5.75. The zero-order valence-electron chi connectivity index (χ0n) is 16.4. The first-order valence-corrected chi connectivity index (χ1v) is 10.0. The monoisotopic (exact) mass is 414 g/mol. The van der Waals surface area contributed by atoms with Crippen molar-refractivity contribution in [2.24, 2.45) is 4.99 Å². The highest BCUT2D eigenvalue weighted by Gasteiger charge is 2.21. The lowest BCUT2D eigenvalue weighted by atomic mass is 10.1. The van der Waals surface area contributed by atoms with Crippen LogP contribution < -0.4 is 10.6 Å². The first-order chi connectivity index (χ1) is 14.1. The Hall–Kier alpha value is -2.94. The Morgan fingerprint density at radius 1 is 1.38 bits per heavy atom. The van der Waals surface area contributed by atoms with Crippen LogP contribution in [0.15, 0.2) is 33.8 Å². The minimum Gasteiger partial charge on any atom is -0.357 e. The molecule has 10 heteroatoms. The maximum Gasteiger partial charge on any atom is 0.248 e. The molecule has 1 aliphatic rings. The number of rotatable bonds is 5. The van der Waals surface area contributed by atoms with Gasteiger partial charge in [0.15, 0.2) is 5.96 Å². The highest BCUT2D eigenvalue weighted by Crippen LogP contribution is 2.20. The lowest BCUT2D eigenvalue weighted by molar-refractivity contribution is 0.378. The fraction of sp³-hybridized carbons (Fsp3) is 0.421. The molecule has 1 unspecified atom stereocenters. The number of nitrogens with zero attached hydrogens (tertiary/aromatic N) is 6. The van der Waals surface area contributed by atoms with Gasteiger partial charge in [0.2, 0.25) is 11.7 Å². The summed E-state index contributed by atoms with van der Waals surface area (Å²) in [5.74, 6) is 3.50. The molecule has 9 nitrogen and oxygen atoms in total. The van der Waals surface area contributed by atoms with Gasteiger partial charge in [0.05, 0.1) is 6.54 Å². The molecule has 1 atom stereocenters. The van der Waals surface area contributed by atoms with E-state index in [1.165, 1.54) is 0 Å². The van der Waals surface area contributed by atoms with Gasteiger partial charge < -0.3 is 15.2 Å². The van der Waals surface area contributed by atoms with E-state index in [4.69, 9.17) is 16.1 Å². The molecule has 0 saturated carbocycles. The third-order valence-electron chi connectivity index (χ3n) is 4.57. The number of hydrogen-bond acceptors (Lipinski definition) is 6. The van der Waals surface area contributed by atoms with Crippen LogP contribution >= 0.6 is 11.6 Å². The van der Waals surface area contributed by atoms with Gasteiger partial charge in [-0.05, 0) is 32.4 Å². The second-order valence-corrected chi connectivity index (χ2v) is 7.29. The van der Waals surface area contributed by atoms with E-state index in [9.17, 15) is 0 Å². The zero-order valence-corrected chi connectivity index (χ0v) is 17.1. The number of halogens is 1. The van der Waals surface area contributed by atoms with Crippen molar-refractivity contribution in [2.75, 3.05) is 6.54 Å². The van der Waals surface area contributed by atoms with Gasteiger partial charge >= 0.3 is 0 Å². The summed E-state index contributed by atoms with van der Waals surface area (Å²) in [6, 6.07) is 7.57. The fourth-order valence-electron chi connectivity index (χ4n) is 3.28. The Labute approximate surface area is 173 Å². The average molecular weight is 415 g/mol. The summed E-state index contributed by atoms with van der Waals surface area (Å²) in [5, 5.41) is 15.8. The Balaban J connectivity index is 1.41. The second-order valence-electron chi connectivity index (χ2n) is 6.85. The fourth-order valence-corrected chi connectivity index (χ4v) is 3.47. The molecule has 4 rings (SSSR count). The van der Waals surface area contributed by atoms with Crippen molar-refractivity contribution < 1.29 is 4.52 Å². The van der Waals surface area contributed by atoms with Gasteiger partial charge in [-0.3, -0.25) is 0 Å². The maximum atomic E-state index is 6.03. The van der Waals surface area contributed by atoms with Gasteiger partial charge in [0.1, 0.15) is 18.2 Å². The van der Waals surface area contributed by atoms with Crippen molar-refractivity contribution >= 4 is 17.6 Å². The molecule has 1 aliphatic heterocycles. The Bertz CT molecular complexity index is 1010. The Kier molecular flexibility index (Phi) is 5.75. The molecule has 0 amide bonds. The highest BCUT2D eigenvalue weighted by atomic mass is 35.5. The van der Waals surface area contributed by atoms with Gasteiger partial charge in [-0.2, -0.15) is 10.1 Å². The van der Waals surface area contributed by atoms with Crippen LogP contribution in [0.25, 0.3) is 11.4 Å². The topological polar surface area (TPSA) is 106 Å². The number of guanidine groups is 1. The summed E-state index contributed by atoms with van der Waals surface area (Å²) < 4.78 is 7.31. The summed E-state index contributed by atoms with van der Waals surface area (Å²) in [5.41, 5.74) is 0.808. The molecular formula is C19H23ClN8O. The van der Waals surface area contributed by atoms with E-state index in [-0.39, 0.29) is 12.6 Å². The van der Waals surface area contributed by atoms with Crippen LogP contribution in [0.4, 0.5) is 0 Å². The van der Waals surface area contributed by atoms with Crippen LogP contribution in [0.2, 0.25) is 5.02 Å². The lowest BCUT2D eigenvalue weighted by Crippen LogP contribution is -2.47. The smallest absolute Gasteiger partial charge is 0.248 e. The summed E-state index contributed by atoms with van der Waals surface area (Å²) in [7, 11) is 0. The van der Waals surface area contributed by atoms with Crippen molar-refractivity contribution in [3.8, 4) is 11.4 Å². The van der Waals surface area contributed by atoms with Gasteiger partial charge in [-0.15, -0.1) is 0 Å². The molecule has 1 aromatic carbocycles. The van der Waals surface area contributed by atoms with Gasteiger partial charge in [-0.25, -0.2) is 14.7 Å². The minimum atomic E-state index is 0.228. The van der Waals surface area contributed by atoms with E-state index < -0.39 is 0 Å². The summed E-state index contributed by atoms with van der Waals surface area (Å²) in [4.78, 5) is 13.5. The second kappa shape index (κ2) is 8.60. The molecule has 0 spiro atoms. The van der Waals surface area contributed by atoms with Gasteiger partial charge in [-0.1, -0.05) is 28.9 Å². The molecule has 0 aliphatic carbocycles. The number of aromatic nitrogens is 5. The molecule has 29 heavy (non-hydrogen) atoms. The molecule has 152 valence electrons. The standard InChI is InChI=1S/C19H23ClN8O/c1-3-21-19(24-15-7-8-16-23-12(2)26-28(16)11-15)22-10-17-25-18(27-29-17)13-5-4-6-14(20)9-13/h4-6,9,15H,3,7-8,10-11H2,1-2H3,(H2,21,22,24). The first kappa shape index (κ1) is 19.4. The van der Waals surface area contributed by atoms with Crippen LogP contribution in [0.1, 0.15) is 30.9 Å². The molecule has 3 aromatic rings. The predicted molar refractivity (Wildman–Crippen MR) is 110 cm³/mol. The number of hydrogen-bond donors (Lipinski definition) is 2. The van der Waals surface area contributed by atoms with Crippen molar-refractivity contribution in [2.45, 2.75) is 45.8 Å². The molecule has 2 N–H and O–H groups in total. The van der Waals surface area contributed by atoms with Crippen LogP contribution in [-0.4, -0.2) is 43.5 Å². The average Bonchev–Trinajstić information content (AvgIpc) is 3.31.